The molecule has 1 aromatic carbocycles. The van der Waals surface area contributed by atoms with Gasteiger partial charge in [-0.25, -0.2) is 0 Å². The van der Waals surface area contributed by atoms with E-state index < -0.39 is 0 Å². The molecule has 0 saturated heterocycles. The van der Waals surface area contributed by atoms with E-state index in [2.05, 4.69) is 5.32 Å². The van der Waals surface area contributed by atoms with Crippen LogP contribution in [0.1, 0.15) is 22.3 Å². The Morgan fingerprint density at radius 3 is 2.62 bits per heavy atom. The van der Waals surface area contributed by atoms with Gasteiger partial charge in [-0.15, -0.1) is 0 Å². The maximum Gasteiger partial charge on any atom is 0.251 e. The molecule has 0 heterocycles. The van der Waals surface area contributed by atoms with Crippen LogP contribution in [-0.4, -0.2) is 25.5 Å². The van der Waals surface area contributed by atoms with Crippen molar-refractivity contribution in [3.8, 4) is 0 Å². The number of nitrogens with two attached hydrogens (primary N) is 2. The number of amides is 1. The van der Waals surface area contributed by atoms with Gasteiger partial charge in [-0.2, -0.15) is 0 Å². The Bertz CT molecular complexity index is 339. The molecular formula is C12H19N3O. The van der Waals surface area contributed by atoms with Crippen molar-refractivity contribution in [2.24, 2.45) is 11.5 Å². The maximum atomic E-state index is 11.8. The molecule has 4 heteroatoms. The molecule has 0 aliphatic heterocycles. The van der Waals surface area contributed by atoms with Crippen molar-refractivity contribution < 1.29 is 4.79 Å². The van der Waals surface area contributed by atoms with Gasteiger partial charge in [0.05, 0.1) is 0 Å². The molecule has 0 radical (unpaired) electrons. The van der Waals surface area contributed by atoms with Gasteiger partial charge in [0.25, 0.3) is 5.91 Å². The SMILES string of the molecule is NCCCNC(=O)c1ccccc1CCN. The van der Waals surface area contributed by atoms with E-state index in [0.29, 0.717) is 25.2 Å². The molecule has 1 rings (SSSR count). The second kappa shape index (κ2) is 6.98. The maximum absolute atomic E-state index is 11.8. The number of hydrogen-bond acceptors (Lipinski definition) is 3. The number of carbonyl (C=O) groups excluding carboxylic acids is 1. The normalized spacial score (nSPS) is 10.1. The van der Waals surface area contributed by atoms with Gasteiger partial charge in [0.2, 0.25) is 0 Å². The van der Waals surface area contributed by atoms with Crippen LogP contribution in [0.15, 0.2) is 24.3 Å². The van der Waals surface area contributed by atoms with E-state index in [0.717, 1.165) is 18.4 Å². The van der Waals surface area contributed by atoms with Crippen LogP contribution in [0.3, 0.4) is 0 Å². The zero-order chi connectivity index (χ0) is 11.8. The van der Waals surface area contributed by atoms with Gasteiger partial charge in [0.15, 0.2) is 0 Å². The van der Waals surface area contributed by atoms with Crippen LogP contribution in [0.4, 0.5) is 0 Å². The standard InChI is InChI=1S/C12H19N3O/c13-7-3-9-15-12(16)11-5-2-1-4-10(11)6-8-14/h1-2,4-5H,3,6-9,13-14H2,(H,15,16). The van der Waals surface area contributed by atoms with Crippen molar-refractivity contribution >= 4 is 5.91 Å². The zero-order valence-electron chi connectivity index (χ0n) is 9.41. The van der Waals surface area contributed by atoms with E-state index in [1.807, 2.05) is 24.3 Å². The monoisotopic (exact) mass is 221 g/mol. The minimum atomic E-state index is -0.0440. The molecule has 0 atom stereocenters. The fraction of sp³-hybridized carbons (Fsp3) is 0.417. The summed E-state index contributed by atoms with van der Waals surface area (Å²) in [7, 11) is 0. The highest BCUT2D eigenvalue weighted by atomic mass is 16.1. The third kappa shape index (κ3) is 3.64. The summed E-state index contributed by atoms with van der Waals surface area (Å²) in [5.74, 6) is -0.0440. The summed E-state index contributed by atoms with van der Waals surface area (Å²) in [5, 5.41) is 2.84. The smallest absolute Gasteiger partial charge is 0.251 e. The van der Waals surface area contributed by atoms with Gasteiger partial charge >= 0.3 is 0 Å². The number of nitrogens with one attached hydrogen (secondary N) is 1. The Hall–Kier alpha value is -1.39. The highest BCUT2D eigenvalue weighted by molar-refractivity contribution is 5.95. The molecule has 0 aliphatic rings. The van der Waals surface area contributed by atoms with Gasteiger partial charge in [-0.05, 0) is 37.6 Å². The number of rotatable bonds is 6. The molecule has 0 aromatic heterocycles. The fourth-order valence-electron chi connectivity index (χ4n) is 1.51. The zero-order valence-corrected chi connectivity index (χ0v) is 9.41. The number of carbonyl (C=O) groups is 1. The highest BCUT2D eigenvalue weighted by Gasteiger charge is 2.08. The van der Waals surface area contributed by atoms with Crippen LogP contribution < -0.4 is 16.8 Å². The van der Waals surface area contributed by atoms with Crippen molar-refractivity contribution in [2.75, 3.05) is 19.6 Å². The summed E-state index contributed by atoms with van der Waals surface area (Å²) in [6.07, 6.45) is 1.52. The third-order valence-electron chi connectivity index (χ3n) is 2.34. The van der Waals surface area contributed by atoms with Crippen LogP contribution >= 0.6 is 0 Å². The number of hydrogen-bond donors (Lipinski definition) is 3. The van der Waals surface area contributed by atoms with Crippen LogP contribution in [-0.2, 0) is 6.42 Å². The van der Waals surface area contributed by atoms with Crippen molar-refractivity contribution in [2.45, 2.75) is 12.8 Å². The molecule has 1 amide bonds. The van der Waals surface area contributed by atoms with Crippen molar-refractivity contribution in [3.63, 3.8) is 0 Å². The van der Waals surface area contributed by atoms with Gasteiger partial charge < -0.3 is 16.8 Å². The topological polar surface area (TPSA) is 81.1 Å². The molecule has 1 aromatic rings. The van der Waals surface area contributed by atoms with Crippen LogP contribution in [0.25, 0.3) is 0 Å². The molecule has 0 bridgehead atoms. The van der Waals surface area contributed by atoms with E-state index in [4.69, 9.17) is 11.5 Å². The first-order valence-corrected chi connectivity index (χ1v) is 5.56. The molecule has 88 valence electrons. The van der Waals surface area contributed by atoms with E-state index in [-0.39, 0.29) is 5.91 Å². The summed E-state index contributed by atoms with van der Waals surface area (Å²) < 4.78 is 0. The molecule has 5 N–H and O–H groups in total. The third-order valence-corrected chi connectivity index (χ3v) is 2.34. The van der Waals surface area contributed by atoms with Crippen molar-refractivity contribution in [1.82, 2.24) is 5.32 Å². The average Bonchev–Trinajstić information content (AvgIpc) is 2.30. The lowest BCUT2D eigenvalue weighted by atomic mass is 10.0. The second-order valence-electron chi connectivity index (χ2n) is 3.59. The molecule has 0 fully saturated rings. The van der Waals surface area contributed by atoms with Crippen LogP contribution in [0.2, 0.25) is 0 Å². The van der Waals surface area contributed by atoms with E-state index in [1.165, 1.54) is 0 Å². The lowest BCUT2D eigenvalue weighted by Crippen LogP contribution is -2.27. The minimum absolute atomic E-state index is 0.0440. The Morgan fingerprint density at radius 2 is 1.94 bits per heavy atom. The molecule has 0 aliphatic carbocycles. The molecule has 0 unspecified atom stereocenters. The number of benzene rings is 1. The Balaban J connectivity index is 2.66. The lowest BCUT2D eigenvalue weighted by Gasteiger charge is -2.08. The van der Waals surface area contributed by atoms with E-state index in [9.17, 15) is 4.79 Å². The summed E-state index contributed by atoms with van der Waals surface area (Å²) in [6.45, 7) is 1.75. The fourth-order valence-corrected chi connectivity index (χ4v) is 1.51. The first-order valence-electron chi connectivity index (χ1n) is 5.56. The van der Waals surface area contributed by atoms with Crippen molar-refractivity contribution in [1.29, 1.82) is 0 Å². The summed E-state index contributed by atoms with van der Waals surface area (Å²) in [4.78, 5) is 11.8. The Morgan fingerprint density at radius 1 is 1.19 bits per heavy atom. The van der Waals surface area contributed by atoms with Crippen LogP contribution in [0.5, 0.6) is 0 Å². The first-order chi connectivity index (χ1) is 7.79. The summed E-state index contributed by atoms with van der Waals surface area (Å²) in [6, 6.07) is 7.53. The first kappa shape index (κ1) is 12.7. The average molecular weight is 221 g/mol. The molecule has 4 nitrogen and oxygen atoms in total. The second-order valence-corrected chi connectivity index (χ2v) is 3.59. The molecule has 16 heavy (non-hydrogen) atoms. The summed E-state index contributed by atoms with van der Waals surface area (Å²) >= 11 is 0. The van der Waals surface area contributed by atoms with Gasteiger partial charge in [0, 0.05) is 12.1 Å². The van der Waals surface area contributed by atoms with Gasteiger partial charge in [-0.1, -0.05) is 18.2 Å². The van der Waals surface area contributed by atoms with Gasteiger partial charge in [-0.3, -0.25) is 4.79 Å². The van der Waals surface area contributed by atoms with Crippen LogP contribution in [0, 0.1) is 0 Å². The largest absolute Gasteiger partial charge is 0.352 e. The van der Waals surface area contributed by atoms with E-state index >= 15 is 0 Å². The van der Waals surface area contributed by atoms with E-state index in [1.54, 1.807) is 0 Å². The Labute approximate surface area is 96.0 Å². The lowest BCUT2D eigenvalue weighted by molar-refractivity contribution is 0.0952. The Kier molecular flexibility index (Phi) is 5.53. The molecular weight excluding hydrogens is 202 g/mol. The quantitative estimate of drug-likeness (QED) is 0.603. The highest BCUT2D eigenvalue weighted by Crippen LogP contribution is 2.08. The minimum Gasteiger partial charge on any atom is -0.352 e. The van der Waals surface area contributed by atoms with Gasteiger partial charge in [0.1, 0.15) is 0 Å². The van der Waals surface area contributed by atoms with Crippen molar-refractivity contribution in [3.05, 3.63) is 35.4 Å². The molecule has 0 saturated carbocycles. The predicted molar refractivity (Wildman–Crippen MR) is 65.2 cm³/mol. The molecule has 0 spiro atoms. The summed E-state index contributed by atoms with van der Waals surface area (Å²) in [5.41, 5.74) is 12.6. The predicted octanol–water partition coefficient (Wildman–Crippen LogP) is 0.266.